The lowest BCUT2D eigenvalue weighted by molar-refractivity contribution is -0.274. The van der Waals surface area contributed by atoms with E-state index in [0.29, 0.717) is 16.8 Å². The normalized spacial score (nSPS) is 18.5. The summed E-state index contributed by atoms with van der Waals surface area (Å²) < 4.78 is 82.0. The van der Waals surface area contributed by atoms with Crippen LogP contribution in [-0.2, 0) is 16.5 Å². The molecule has 1 amide bonds. The lowest BCUT2D eigenvalue weighted by atomic mass is 9.91. The van der Waals surface area contributed by atoms with Crippen molar-refractivity contribution in [3.8, 4) is 5.75 Å². The molecule has 2 atom stereocenters. The van der Waals surface area contributed by atoms with Crippen LogP contribution >= 0.6 is 0 Å². The second-order valence-corrected chi connectivity index (χ2v) is 10.7. The highest BCUT2D eigenvalue weighted by atomic mass is 19.4. The van der Waals surface area contributed by atoms with Gasteiger partial charge >= 0.3 is 12.5 Å². The SMILES string of the molecule is CC(C)c1ccc(N2C(=O)[C@H](NC(C)(C)c3ccc(C(F)(F)F)cc3)C[C@H]2c2cccc(OC(F)(F)F)c2)cc1. The summed E-state index contributed by atoms with van der Waals surface area (Å²) in [6.07, 6.45) is -9.13. The van der Waals surface area contributed by atoms with Gasteiger partial charge in [-0.25, -0.2) is 0 Å². The van der Waals surface area contributed by atoms with E-state index in [-0.39, 0.29) is 18.2 Å². The number of amides is 1. The van der Waals surface area contributed by atoms with Crippen LogP contribution in [0.5, 0.6) is 5.75 Å². The summed E-state index contributed by atoms with van der Waals surface area (Å²) in [5, 5.41) is 3.28. The van der Waals surface area contributed by atoms with Crippen molar-refractivity contribution in [1.29, 1.82) is 0 Å². The van der Waals surface area contributed by atoms with Crippen LogP contribution in [0.15, 0.2) is 72.8 Å². The van der Waals surface area contributed by atoms with Gasteiger partial charge in [-0.3, -0.25) is 10.1 Å². The van der Waals surface area contributed by atoms with Crippen molar-refractivity contribution < 1.29 is 35.9 Å². The van der Waals surface area contributed by atoms with Gasteiger partial charge in [0.05, 0.1) is 17.6 Å². The van der Waals surface area contributed by atoms with E-state index in [1.807, 2.05) is 26.0 Å². The number of ether oxygens (including phenoxy) is 1. The maximum absolute atomic E-state index is 13.8. The van der Waals surface area contributed by atoms with Crippen LogP contribution < -0.4 is 15.0 Å². The summed E-state index contributed by atoms with van der Waals surface area (Å²) in [5.41, 5.74) is 0.975. The van der Waals surface area contributed by atoms with Crippen LogP contribution in [0.4, 0.5) is 32.0 Å². The van der Waals surface area contributed by atoms with Gasteiger partial charge in [-0.05, 0) is 79.3 Å². The lowest BCUT2D eigenvalue weighted by Gasteiger charge is -2.30. The van der Waals surface area contributed by atoms with Gasteiger partial charge in [-0.2, -0.15) is 13.2 Å². The summed E-state index contributed by atoms with van der Waals surface area (Å²) in [7, 11) is 0. The molecule has 0 bridgehead atoms. The molecule has 10 heteroatoms. The zero-order valence-electron chi connectivity index (χ0n) is 22.4. The fraction of sp³-hybridized carbons (Fsp3) is 0.367. The quantitative estimate of drug-likeness (QED) is 0.295. The van der Waals surface area contributed by atoms with Gasteiger partial charge in [0.15, 0.2) is 0 Å². The smallest absolute Gasteiger partial charge is 0.406 e. The van der Waals surface area contributed by atoms with Gasteiger partial charge in [0, 0.05) is 11.2 Å². The van der Waals surface area contributed by atoms with Crippen LogP contribution in [0.25, 0.3) is 0 Å². The molecule has 1 saturated heterocycles. The average molecular weight is 565 g/mol. The number of halogens is 6. The predicted octanol–water partition coefficient (Wildman–Crippen LogP) is 8.10. The van der Waals surface area contributed by atoms with Crippen molar-refractivity contribution in [3.05, 3.63) is 95.1 Å². The van der Waals surface area contributed by atoms with Gasteiger partial charge in [0.2, 0.25) is 5.91 Å². The molecule has 40 heavy (non-hydrogen) atoms. The third-order valence-electron chi connectivity index (χ3n) is 7.09. The van der Waals surface area contributed by atoms with E-state index in [0.717, 1.165) is 17.7 Å². The Morgan fingerprint density at radius 3 is 2.02 bits per heavy atom. The molecular formula is C30H30F6N2O2. The zero-order chi connectivity index (χ0) is 29.5. The average Bonchev–Trinajstić information content (AvgIpc) is 3.18. The van der Waals surface area contributed by atoms with E-state index in [2.05, 4.69) is 10.1 Å². The van der Waals surface area contributed by atoms with Crippen molar-refractivity contribution in [2.45, 2.75) is 70.2 Å². The molecule has 1 N–H and O–H groups in total. The highest BCUT2D eigenvalue weighted by Gasteiger charge is 2.44. The number of nitrogens with one attached hydrogen (secondary N) is 1. The summed E-state index contributed by atoms with van der Waals surface area (Å²) in [5.74, 6) is -0.437. The second kappa shape index (κ2) is 10.8. The maximum atomic E-state index is 13.8. The first kappa shape index (κ1) is 29.5. The lowest BCUT2D eigenvalue weighted by Crippen LogP contribution is -2.47. The number of benzene rings is 3. The molecule has 214 valence electrons. The fourth-order valence-electron chi connectivity index (χ4n) is 5.00. The molecule has 0 unspecified atom stereocenters. The standard InChI is InChI=1S/C30H30F6N2O2/c1-18(2)19-8-14-23(15-9-19)38-26(20-6-5-7-24(16-20)40-30(34,35)36)17-25(27(38)39)37-28(3,4)21-10-12-22(13-11-21)29(31,32)33/h5-16,18,25-26,37H,17H2,1-4H3/t25-,26+/m1/s1. The monoisotopic (exact) mass is 564 g/mol. The Hall–Kier alpha value is -3.53. The first-order chi connectivity index (χ1) is 18.5. The molecule has 1 heterocycles. The molecular weight excluding hydrogens is 534 g/mol. The second-order valence-electron chi connectivity index (χ2n) is 10.7. The number of alkyl halides is 6. The van der Waals surface area contributed by atoms with E-state index in [1.165, 1.54) is 30.3 Å². The Morgan fingerprint density at radius 2 is 1.48 bits per heavy atom. The number of hydrogen-bond acceptors (Lipinski definition) is 3. The number of hydrogen-bond donors (Lipinski definition) is 1. The van der Waals surface area contributed by atoms with E-state index in [9.17, 15) is 31.1 Å². The van der Waals surface area contributed by atoms with E-state index >= 15 is 0 Å². The van der Waals surface area contributed by atoms with Crippen molar-refractivity contribution in [1.82, 2.24) is 5.32 Å². The Labute approximate surface area is 228 Å². The molecule has 1 aliphatic rings. The number of carbonyl (C=O) groups is 1. The Morgan fingerprint density at radius 1 is 0.875 bits per heavy atom. The molecule has 4 nitrogen and oxygen atoms in total. The Kier molecular flexibility index (Phi) is 7.95. The maximum Gasteiger partial charge on any atom is 0.573 e. The Bertz CT molecular complexity index is 1330. The molecule has 4 rings (SSSR count). The minimum Gasteiger partial charge on any atom is -0.406 e. The van der Waals surface area contributed by atoms with Crippen LogP contribution in [0.3, 0.4) is 0 Å². The van der Waals surface area contributed by atoms with Crippen LogP contribution in [-0.4, -0.2) is 18.3 Å². The summed E-state index contributed by atoms with van der Waals surface area (Å²) >= 11 is 0. The number of rotatable bonds is 7. The summed E-state index contributed by atoms with van der Waals surface area (Å²) in [6.45, 7) is 7.59. The molecule has 0 spiro atoms. The number of nitrogens with zero attached hydrogens (tertiary/aromatic N) is 1. The van der Waals surface area contributed by atoms with Crippen molar-refractivity contribution >= 4 is 11.6 Å². The number of anilines is 1. The highest BCUT2D eigenvalue weighted by Crippen LogP contribution is 2.40. The highest BCUT2D eigenvalue weighted by molar-refractivity contribution is 6.00. The molecule has 0 aliphatic carbocycles. The van der Waals surface area contributed by atoms with Crippen LogP contribution in [0.2, 0.25) is 0 Å². The minimum atomic E-state index is -4.87. The van der Waals surface area contributed by atoms with Crippen molar-refractivity contribution in [3.63, 3.8) is 0 Å². The van der Waals surface area contributed by atoms with E-state index in [1.54, 1.807) is 36.9 Å². The molecule has 0 saturated carbocycles. The third-order valence-corrected chi connectivity index (χ3v) is 7.09. The number of carbonyl (C=O) groups excluding carboxylic acids is 1. The van der Waals surface area contributed by atoms with Crippen molar-refractivity contribution in [2.24, 2.45) is 0 Å². The van der Waals surface area contributed by atoms with E-state index < -0.39 is 41.5 Å². The molecule has 1 aliphatic heterocycles. The van der Waals surface area contributed by atoms with Gasteiger partial charge < -0.3 is 9.64 Å². The van der Waals surface area contributed by atoms with Crippen LogP contribution in [0.1, 0.15) is 68.3 Å². The molecule has 1 fully saturated rings. The first-order valence-electron chi connectivity index (χ1n) is 12.8. The topological polar surface area (TPSA) is 41.6 Å². The third kappa shape index (κ3) is 6.60. The van der Waals surface area contributed by atoms with E-state index in [4.69, 9.17) is 0 Å². The van der Waals surface area contributed by atoms with Gasteiger partial charge in [-0.1, -0.05) is 50.2 Å². The van der Waals surface area contributed by atoms with Gasteiger partial charge in [0.25, 0.3) is 0 Å². The van der Waals surface area contributed by atoms with Crippen LogP contribution in [0, 0.1) is 0 Å². The minimum absolute atomic E-state index is 0.213. The van der Waals surface area contributed by atoms with Gasteiger partial charge in [-0.15, -0.1) is 13.2 Å². The summed E-state index contributed by atoms with van der Waals surface area (Å²) in [4.78, 5) is 15.4. The van der Waals surface area contributed by atoms with Gasteiger partial charge in [0.1, 0.15) is 5.75 Å². The fourth-order valence-corrected chi connectivity index (χ4v) is 5.00. The van der Waals surface area contributed by atoms with Crippen molar-refractivity contribution in [2.75, 3.05) is 4.90 Å². The molecule has 3 aromatic carbocycles. The summed E-state index contributed by atoms with van der Waals surface area (Å²) in [6, 6.07) is 16.3. The molecule has 0 radical (unpaired) electrons. The first-order valence-corrected chi connectivity index (χ1v) is 12.8. The zero-order valence-corrected chi connectivity index (χ0v) is 22.4. The molecule has 0 aromatic heterocycles. The Balaban J connectivity index is 1.67. The molecule has 3 aromatic rings. The largest absolute Gasteiger partial charge is 0.573 e. The predicted molar refractivity (Wildman–Crippen MR) is 140 cm³/mol.